The van der Waals surface area contributed by atoms with Crippen molar-refractivity contribution in [2.75, 3.05) is 0 Å². The second kappa shape index (κ2) is 7.08. The topological polar surface area (TPSA) is 68.5 Å². The van der Waals surface area contributed by atoms with Gasteiger partial charge in [-0.1, -0.05) is 0 Å². The smallest absolute Gasteiger partial charge is 0.261 e. The van der Waals surface area contributed by atoms with Gasteiger partial charge in [0.05, 0.1) is 17.3 Å². The highest BCUT2D eigenvalue weighted by Crippen LogP contribution is 2.26. The second-order valence-electron chi connectivity index (χ2n) is 4.36. The van der Waals surface area contributed by atoms with Crippen LogP contribution in [0, 0.1) is 0 Å². The van der Waals surface area contributed by atoms with Gasteiger partial charge in [-0.05, 0) is 53.2 Å². The van der Waals surface area contributed by atoms with Crippen molar-refractivity contribution in [3.63, 3.8) is 0 Å². The number of ether oxygens (including phenoxy) is 1. The minimum absolute atomic E-state index is 0.252. The Bertz CT molecular complexity index is 625. The summed E-state index contributed by atoms with van der Waals surface area (Å²) >= 11 is 3.31. The van der Waals surface area contributed by atoms with Crippen LogP contribution in [0.3, 0.4) is 0 Å². The molecule has 0 radical (unpaired) electrons. The lowest BCUT2D eigenvalue weighted by Crippen LogP contribution is -2.35. The van der Waals surface area contributed by atoms with E-state index in [0.717, 1.165) is 6.29 Å². The number of rotatable bonds is 6. The number of aldehydes is 1. The van der Waals surface area contributed by atoms with Crippen LogP contribution in [0.1, 0.15) is 23.0 Å². The lowest BCUT2D eigenvalue weighted by atomic mass is 10.2. The Kier molecular flexibility index (Phi) is 5.16. The Labute approximate surface area is 130 Å². The second-order valence-corrected chi connectivity index (χ2v) is 5.22. The van der Waals surface area contributed by atoms with Gasteiger partial charge in [0.25, 0.3) is 5.91 Å². The monoisotopic (exact) mass is 351 g/mol. The van der Waals surface area contributed by atoms with Crippen LogP contribution >= 0.6 is 15.9 Å². The number of halogens is 1. The van der Waals surface area contributed by atoms with Crippen LogP contribution in [-0.2, 0) is 11.3 Å². The van der Waals surface area contributed by atoms with Crippen LogP contribution in [-0.4, -0.2) is 18.3 Å². The van der Waals surface area contributed by atoms with Gasteiger partial charge in [0.2, 0.25) is 0 Å². The zero-order chi connectivity index (χ0) is 15.2. The molecule has 6 heteroatoms. The van der Waals surface area contributed by atoms with Crippen molar-refractivity contribution in [1.82, 2.24) is 5.32 Å². The normalized spacial score (nSPS) is 11.7. The molecule has 1 N–H and O–H groups in total. The van der Waals surface area contributed by atoms with E-state index in [1.165, 1.54) is 0 Å². The Morgan fingerprint density at radius 1 is 1.48 bits per heavy atom. The molecule has 0 aliphatic heterocycles. The van der Waals surface area contributed by atoms with Crippen molar-refractivity contribution in [3.05, 3.63) is 52.4 Å². The van der Waals surface area contributed by atoms with Crippen molar-refractivity contribution in [3.8, 4) is 5.75 Å². The zero-order valence-corrected chi connectivity index (χ0v) is 12.9. The summed E-state index contributed by atoms with van der Waals surface area (Å²) in [5.74, 6) is 0.922. The van der Waals surface area contributed by atoms with E-state index in [9.17, 15) is 9.59 Å². The van der Waals surface area contributed by atoms with E-state index in [1.54, 1.807) is 43.5 Å². The van der Waals surface area contributed by atoms with Crippen LogP contribution in [0.5, 0.6) is 5.75 Å². The third-order valence-corrected chi connectivity index (χ3v) is 3.40. The van der Waals surface area contributed by atoms with Crippen molar-refractivity contribution in [2.45, 2.75) is 19.6 Å². The van der Waals surface area contributed by atoms with Gasteiger partial charge in [-0.25, -0.2) is 0 Å². The van der Waals surface area contributed by atoms with E-state index in [1.807, 2.05) is 0 Å². The summed E-state index contributed by atoms with van der Waals surface area (Å²) in [7, 11) is 0. The van der Waals surface area contributed by atoms with Crippen LogP contribution in [0.15, 0.2) is 45.5 Å². The molecule has 2 aromatic rings. The molecule has 0 bridgehead atoms. The minimum Gasteiger partial charge on any atom is -0.480 e. The predicted octanol–water partition coefficient (Wildman–Crippen LogP) is 2.94. The molecular weight excluding hydrogens is 338 g/mol. The number of hydrogen-bond acceptors (Lipinski definition) is 4. The van der Waals surface area contributed by atoms with Crippen molar-refractivity contribution >= 4 is 28.1 Å². The third kappa shape index (κ3) is 4.19. The maximum Gasteiger partial charge on any atom is 0.261 e. The van der Waals surface area contributed by atoms with E-state index in [4.69, 9.17) is 9.15 Å². The van der Waals surface area contributed by atoms with Gasteiger partial charge >= 0.3 is 0 Å². The first kappa shape index (κ1) is 15.3. The molecule has 0 spiro atoms. The summed E-state index contributed by atoms with van der Waals surface area (Å²) in [5.41, 5.74) is 0.532. The van der Waals surface area contributed by atoms with Crippen LogP contribution < -0.4 is 10.1 Å². The molecule has 0 aliphatic rings. The molecule has 1 heterocycles. The average molecular weight is 352 g/mol. The fraction of sp³-hybridized carbons (Fsp3) is 0.200. The first-order valence-electron chi connectivity index (χ1n) is 6.31. The first-order chi connectivity index (χ1) is 10.1. The molecule has 110 valence electrons. The standard InChI is InChI=1S/C15H14BrNO4/c1-10(15(19)17-8-12-3-2-6-20-12)21-14-5-4-11(9-18)7-13(14)16/h2-7,9-10H,8H2,1H3,(H,17,19). The lowest BCUT2D eigenvalue weighted by molar-refractivity contribution is -0.127. The summed E-state index contributed by atoms with van der Waals surface area (Å²) in [5, 5.41) is 2.72. The summed E-state index contributed by atoms with van der Waals surface area (Å²) in [4.78, 5) is 22.6. The highest BCUT2D eigenvalue weighted by atomic mass is 79.9. The SMILES string of the molecule is CC(Oc1ccc(C=O)cc1Br)C(=O)NCc1ccco1. The number of carbonyl (C=O) groups is 2. The molecule has 0 fully saturated rings. The molecule has 0 aliphatic carbocycles. The number of nitrogens with one attached hydrogen (secondary N) is 1. The Balaban J connectivity index is 1.92. The van der Waals surface area contributed by atoms with E-state index >= 15 is 0 Å². The van der Waals surface area contributed by atoms with Crippen LogP contribution in [0.4, 0.5) is 0 Å². The van der Waals surface area contributed by atoms with E-state index in [0.29, 0.717) is 28.1 Å². The molecular formula is C15H14BrNO4. The molecule has 1 unspecified atom stereocenters. The van der Waals surface area contributed by atoms with E-state index in [2.05, 4.69) is 21.2 Å². The number of carbonyl (C=O) groups excluding carboxylic acids is 2. The largest absolute Gasteiger partial charge is 0.480 e. The molecule has 2 rings (SSSR count). The number of benzene rings is 1. The summed E-state index contributed by atoms with van der Waals surface area (Å²) in [6, 6.07) is 8.44. The number of furan rings is 1. The third-order valence-electron chi connectivity index (χ3n) is 2.78. The lowest BCUT2D eigenvalue weighted by Gasteiger charge is -2.15. The van der Waals surface area contributed by atoms with Gasteiger partial charge in [-0.2, -0.15) is 0 Å². The molecule has 1 aromatic heterocycles. The fourth-order valence-corrected chi connectivity index (χ4v) is 2.15. The Morgan fingerprint density at radius 2 is 2.29 bits per heavy atom. The molecule has 21 heavy (non-hydrogen) atoms. The minimum atomic E-state index is -0.668. The van der Waals surface area contributed by atoms with Gasteiger partial charge in [0, 0.05) is 5.56 Å². The van der Waals surface area contributed by atoms with Crippen molar-refractivity contribution < 1.29 is 18.7 Å². The predicted molar refractivity (Wildman–Crippen MR) is 80.2 cm³/mol. The number of amides is 1. The quantitative estimate of drug-likeness (QED) is 0.812. The molecule has 1 amide bonds. The van der Waals surface area contributed by atoms with Gasteiger partial charge < -0.3 is 14.5 Å². The molecule has 1 atom stereocenters. The summed E-state index contributed by atoms with van der Waals surface area (Å²) in [6.45, 7) is 1.96. The Hall–Kier alpha value is -2.08. The van der Waals surface area contributed by atoms with Gasteiger partial charge in [0.1, 0.15) is 17.8 Å². The Morgan fingerprint density at radius 3 is 2.90 bits per heavy atom. The summed E-state index contributed by atoms with van der Waals surface area (Å²) < 4.78 is 11.3. The number of hydrogen-bond donors (Lipinski definition) is 1. The highest BCUT2D eigenvalue weighted by Gasteiger charge is 2.16. The van der Waals surface area contributed by atoms with Gasteiger partial charge in [0.15, 0.2) is 6.10 Å². The van der Waals surface area contributed by atoms with Crippen LogP contribution in [0.2, 0.25) is 0 Å². The van der Waals surface area contributed by atoms with Crippen molar-refractivity contribution in [2.24, 2.45) is 0 Å². The molecule has 0 saturated carbocycles. The zero-order valence-electron chi connectivity index (χ0n) is 11.3. The maximum absolute atomic E-state index is 11.9. The molecule has 0 saturated heterocycles. The molecule has 5 nitrogen and oxygen atoms in total. The average Bonchev–Trinajstić information content (AvgIpc) is 3.00. The fourth-order valence-electron chi connectivity index (χ4n) is 1.66. The van der Waals surface area contributed by atoms with Crippen LogP contribution in [0.25, 0.3) is 0 Å². The van der Waals surface area contributed by atoms with E-state index in [-0.39, 0.29) is 5.91 Å². The first-order valence-corrected chi connectivity index (χ1v) is 7.11. The maximum atomic E-state index is 11.9. The highest BCUT2D eigenvalue weighted by molar-refractivity contribution is 9.10. The van der Waals surface area contributed by atoms with Gasteiger partial charge in [-0.15, -0.1) is 0 Å². The van der Waals surface area contributed by atoms with Gasteiger partial charge in [-0.3, -0.25) is 9.59 Å². The van der Waals surface area contributed by atoms with E-state index < -0.39 is 6.10 Å². The van der Waals surface area contributed by atoms with Crippen molar-refractivity contribution in [1.29, 1.82) is 0 Å². The summed E-state index contributed by atoms with van der Waals surface area (Å²) in [6.07, 6.45) is 1.62. The molecule has 1 aromatic carbocycles.